The average molecular weight is 326 g/mol. The molecule has 2 saturated heterocycles. The van der Waals surface area contributed by atoms with Crippen molar-refractivity contribution in [1.82, 2.24) is 24.9 Å². The van der Waals surface area contributed by atoms with E-state index < -0.39 is 0 Å². The zero-order chi connectivity index (χ0) is 16.3. The quantitative estimate of drug-likeness (QED) is 0.653. The number of unbranched alkanes of at least 4 members (excludes halogenated alkanes) is 2. The summed E-state index contributed by atoms with van der Waals surface area (Å²) < 4.78 is 0. The molecule has 5 nitrogen and oxygen atoms in total. The molecule has 0 unspecified atom stereocenters. The van der Waals surface area contributed by atoms with Crippen molar-refractivity contribution in [2.45, 2.75) is 39.5 Å². The molecule has 0 aromatic heterocycles. The molecule has 0 atom stereocenters. The van der Waals surface area contributed by atoms with Gasteiger partial charge in [-0.25, -0.2) is 0 Å². The first-order valence-corrected chi connectivity index (χ1v) is 9.92. The predicted molar refractivity (Wildman–Crippen MR) is 98.7 cm³/mol. The molecule has 5 heteroatoms. The lowest BCUT2D eigenvalue weighted by Gasteiger charge is -2.37. The molecule has 0 spiro atoms. The van der Waals surface area contributed by atoms with Crippen LogP contribution in [0.3, 0.4) is 0 Å². The van der Waals surface area contributed by atoms with E-state index in [4.69, 9.17) is 0 Å². The van der Waals surface area contributed by atoms with Crippen LogP contribution >= 0.6 is 0 Å². The van der Waals surface area contributed by atoms with Crippen LogP contribution in [0.15, 0.2) is 0 Å². The second kappa shape index (κ2) is 11.4. The van der Waals surface area contributed by atoms with Gasteiger partial charge in [-0.15, -0.1) is 0 Å². The van der Waals surface area contributed by atoms with Gasteiger partial charge in [0.2, 0.25) is 0 Å². The van der Waals surface area contributed by atoms with E-state index in [1.807, 2.05) is 0 Å². The van der Waals surface area contributed by atoms with Crippen LogP contribution in [0.5, 0.6) is 0 Å². The number of hydrogen-bond donors (Lipinski definition) is 1. The van der Waals surface area contributed by atoms with E-state index in [-0.39, 0.29) is 0 Å². The minimum Gasteiger partial charge on any atom is -0.301 e. The van der Waals surface area contributed by atoms with Crippen LogP contribution in [0.1, 0.15) is 39.5 Å². The van der Waals surface area contributed by atoms with Crippen molar-refractivity contribution in [2.75, 3.05) is 78.8 Å². The lowest BCUT2D eigenvalue weighted by Crippen LogP contribution is -2.53. The molecule has 2 rings (SSSR count). The summed E-state index contributed by atoms with van der Waals surface area (Å²) in [5.74, 6) is 0. The summed E-state index contributed by atoms with van der Waals surface area (Å²) in [6.07, 6.45) is 5.33. The van der Waals surface area contributed by atoms with Crippen molar-refractivity contribution in [3.63, 3.8) is 0 Å². The molecule has 2 aliphatic heterocycles. The highest BCUT2D eigenvalue weighted by molar-refractivity contribution is 4.73. The fourth-order valence-corrected chi connectivity index (χ4v) is 3.47. The Morgan fingerprint density at radius 2 is 0.913 bits per heavy atom. The van der Waals surface area contributed by atoms with Gasteiger partial charge in [-0.2, -0.15) is 0 Å². The molecule has 0 aromatic carbocycles. The van der Waals surface area contributed by atoms with E-state index in [0.29, 0.717) is 0 Å². The smallest absolute Gasteiger partial charge is 0.0491 e. The Hall–Kier alpha value is -0.200. The lowest BCUT2D eigenvalue weighted by molar-refractivity contribution is 0.0976. The van der Waals surface area contributed by atoms with Crippen LogP contribution < -0.4 is 5.32 Å². The first-order chi connectivity index (χ1) is 11.3. The molecular formula is C18H39N5. The Bertz CT molecular complexity index is 255. The zero-order valence-electron chi connectivity index (χ0n) is 15.6. The second-order valence-corrected chi connectivity index (χ2v) is 7.19. The summed E-state index contributed by atoms with van der Waals surface area (Å²) in [5.41, 5.74) is 0. The average Bonchev–Trinajstić information content (AvgIpc) is 2.60. The predicted octanol–water partition coefficient (Wildman–Crippen LogP) is 1.33. The van der Waals surface area contributed by atoms with E-state index in [2.05, 4.69) is 38.8 Å². The highest BCUT2D eigenvalue weighted by Gasteiger charge is 2.18. The Labute approximate surface area is 144 Å². The summed E-state index contributed by atoms with van der Waals surface area (Å²) in [6.45, 7) is 19.1. The SMILES string of the molecule is CCCCN1CCN(CNCN2CCN(CCCC)CC2)CC1. The largest absolute Gasteiger partial charge is 0.301 e. The fraction of sp³-hybridized carbons (Fsp3) is 1.00. The molecule has 136 valence electrons. The van der Waals surface area contributed by atoms with Crippen molar-refractivity contribution in [2.24, 2.45) is 0 Å². The third-order valence-electron chi connectivity index (χ3n) is 5.26. The van der Waals surface area contributed by atoms with Crippen molar-refractivity contribution < 1.29 is 0 Å². The number of hydrogen-bond acceptors (Lipinski definition) is 5. The van der Waals surface area contributed by atoms with Gasteiger partial charge >= 0.3 is 0 Å². The molecule has 23 heavy (non-hydrogen) atoms. The first kappa shape index (κ1) is 19.1. The summed E-state index contributed by atoms with van der Waals surface area (Å²) in [7, 11) is 0. The van der Waals surface area contributed by atoms with Gasteiger partial charge in [0.1, 0.15) is 0 Å². The molecule has 0 aliphatic carbocycles. The molecular weight excluding hydrogens is 286 g/mol. The van der Waals surface area contributed by atoms with Crippen LogP contribution in [0.2, 0.25) is 0 Å². The molecule has 0 radical (unpaired) electrons. The van der Waals surface area contributed by atoms with E-state index in [9.17, 15) is 0 Å². The van der Waals surface area contributed by atoms with Gasteiger partial charge in [0.05, 0.1) is 0 Å². The maximum absolute atomic E-state index is 3.66. The van der Waals surface area contributed by atoms with Gasteiger partial charge in [0.25, 0.3) is 0 Å². The van der Waals surface area contributed by atoms with Crippen molar-refractivity contribution in [3.05, 3.63) is 0 Å². The summed E-state index contributed by atoms with van der Waals surface area (Å²) in [5, 5.41) is 3.66. The Morgan fingerprint density at radius 1 is 0.565 bits per heavy atom. The van der Waals surface area contributed by atoms with Crippen molar-refractivity contribution in [1.29, 1.82) is 0 Å². The van der Waals surface area contributed by atoms with E-state index in [0.717, 1.165) is 13.3 Å². The Balaban J connectivity index is 1.48. The molecule has 2 heterocycles. The number of piperazine rings is 2. The summed E-state index contributed by atoms with van der Waals surface area (Å²) in [4.78, 5) is 10.4. The van der Waals surface area contributed by atoms with Crippen LogP contribution in [-0.4, -0.2) is 98.4 Å². The minimum absolute atomic E-state index is 1.05. The van der Waals surface area contributed by atoms with Gasteiger partial charge in [-0.3, -0.25) is 15.1 Å². The molecule has 0 amide bonds. The third-order valence-corrected chi connectivity index (χ3v) is 5.26. The van der Waals surface area contributed by atoms with E-state index >= 15 is 0 Å². The van der Waals surface area contributed by atoms with Crippen LogP contribution in [0, 0.1) is 0 Å². The summed E-state index contributed by atoms with van der Waals surface area (Å²) in [6, 6.07) is 0. The monoisotopic (exact) mass is 325 g/mol. The standard InChI is InChI=1S/C18H39N5/c1-3-5-7-20-9-13-22(14-10-20)17-19-18-23-15-11-21(12-16-23)8-6-4-2/h19H,3-18H2,1-2H3. The zero-order valence-corrected chi connectivity index (χ0v) is 15.6. The molecule has 2 aliphatic rings. The highest BCUT2D eigenvalue weighted by Crippen LogP contribution is 2.04. The minimum atomic E-state index is 1.05. The molecule has 2 fully saturated rings. The maximum atomic E-state index is 3.66. The molecule has 0 bridgehead atoms. The number of nitrogens with zero attached hydrogens (tertiary/aromatic N) is 4. The van der Waals surface area contributed by atoms with Gasteiger partial charge in [0.15, 0.2) is 0 Å². The van der Waals surface area contributed by atoms with Crippen LogP contribution in [0.4, 0.5) is 0 Å². The molecule has 1 N–H and O–H groups in total. The Kier molecular flexibility index (Phi) is 9.46. The van der Waals surface area contributed by atoms with Crippen molar-refractivity contribution in [3.8, 4) is 0 Å². The second-order valence-electron chi connectivity index (χ2n) is 7.19. The van der Waals surface area contributed by atoms with Crippen molar-refractivity contribution >= 4 is 0 Å². The first-order valence-electron chi connectivity index (χ1n) is 9.92. The van der Waals surface area contributed by atoms with Gasteiger partial charge in [-0.1, -0.05) is 26.7 Å². The third kappa shape index (κ3) is 7.48. The van der Waals surface area contributed by atoms with Crippen LogP contribution in [0.25, 0.3) is 0 Å². The normalized spacial score (nSPS) is 22.7. The van der Waals surface area contributed by atoms with Gasteiger partial charge < -0.3 is 9.80 Å². The Morgan fingerprint density at radius 3 is 1.26 bits per heavy atom. The fourth-order valence-electron chi connectivity index (χ4n) is 3.47. The molecule has 0 aromatic rings. The topological polar surface area (TPSA) is 25.0 Å². The highest BCUT2D eigenvalue weighted by atomic mass is 15.3. The van der Waals surface area contributed by atoms with Gasteiger partial charge in [0, 0.05) is 65.7 Å². The molecule has 0 saturated carbocycles. The maximum Gasteiger partial charge on any atom is 0.0491 e. The number of rotatable bonds is 10. The number of nitrogens with one attached hydrogen (secondary N) is 1. The van der Waals surface area contributed by atoms with E-state index in [1.54, 1.807) is 0 Å². The van der Waals surface area contributed by atoms with Gasteiger partial charge in [-0.05, 0) is 25.9 Å². The lowest BCUT2D eigenvalue weighted by atomic mass is 10.2. The summed E-state index contributed by atoms with van der Waals surface area (Å²) >= 11 is 0. The van der Waals surface area contributed by atoms with E-state index in [1.165, 1.54) is 91.1 Å². The van der Waals surface area contributed by atoms with Crippen LogP contribution in [-0.2, 0) is 0 Å².